The van der Waals surface area contributed by atoms with Gasteiger partial charge in [-0.15, -0.1) is 0 Å². The van der Waals surface area contributed by atoms with E-state index in [1.54, 1.807) is 12.1 Å². The maximum Gasteiger partial charge on any atom is 0.269 e. The average molecular weight is 496 g/mol. The minimum absolute atomic E-state index is 0.0756. The van der Waals surface area contributed by atoms with Crippen LogP contribution in [-0.2, 0) is 14.8 Å². The summed E-state index contributed by atoms with van der Waals surface area (Å²) in [6.07, 6.45) is 0.467. The summed E-state index contributed by atoms with van der Waals surface area (Å²) in [7, 11) is -4.10. The van der Waals surface area contributed by atoms with Crippen LogP contribution in [0.25, 0.3) is 10.8 Å². The van der Waals surface area contributed by atoms with Gasteiger partial charge in [0.2, 0.25) is 0 Å². The highest BCUT2D eigenvalue weighted by atomic mass is 32.2. The molecule has 6 rings (SSSR count). The van der Waals surface area contributed by atoms with E-state index in [2.05, 4.69) is 5.10 Å². The number of benzene rings is 4. The third-order valence-electron chi connectivity index (χ3n) is 6.62. The molecule has 0 saturated carbocycles. The van der Waals surface area contributed by atoms with Crippen LogP contribution in [0, 0.1) is 0 Å². The van der Waals surface area contributed by atoms with Crippen molar-refractivity contribution < 1.29 is 18.0 Å². The van der Waals surface area contributed by atoms with E-state index in [1.165, 1.54) is 17.1 Å². The van der Waals surface area contributed by atoms with Gasteiger partial charge < -0.3 is 0 Å². The van der Waals surface area contributed by atoms with Crippen molar-refractivity contribution in [2.24, 2.45) is 5.10 Å². The zero-order valence-electron chi connectivity index (χ0n) is 19.1. The van der Waals surface area contributed by atoms with Crippen LogP contribution in [0.2, 0.25) is 0 Å². The molecule has 0 bridgehead atoms. The molecule has 7 nitrogen and oxygen atoms in total. The molecular weight excluding hydrogens is 474 g/mol. The molecule has 0 spiro atoms. The van der Waals surface area contributed by atoms with Gasteiger partial charge in [0.25, 0.3) is 21.8 Å². The van der Waals surface area contributed by atoms with Gasteiger partial charge in [-0.3, -0.25) is 9.59 Å². The number of hydrazone groups is 1. The molecular formula is C28H21N3O4S. The third-order valence-corrected chi connectivity index (χ3v) is 8.41. The van der Waals surface area contributed by atoms with E-state index in [-0.39, 0.29) is 10.5 Å². The summed E-state index contributed by atoms with van der Waals surface area (Å²) in [6.45, 7) is -0.617. The number of carbonyl (C=O) groups excluding carboxylic acids is 2. The van der Waals surface area contributed by atoms with Crippen molar-refractivity contribution in [3.05, 3.63) is 114 Å². The molecule has 8 heteroatoms. The number of carbonyl (C=O) groups is 2. The molecule has 0 radical (unpaired) electrons. The molecule has 0 aromatic heterocycles. The highest BCUT2D eigenvalue weighted by Crippen LogP contribution is 2.35. The van der Waals surface area contributed by atoms with Gasteiger partial charge in [-0.25, -0.2) is 17.7 Å². The molecule has 0 aliphatic carbocycles. The van der Waals surface area contributed by atoms with Gasteiger partial charge in [0.1, 0.15) is 11.4 Å². The van der Waals surface area contributed by atoms with Crippen molar-refractivity contribution in [3.63, 3.8) is 0 Å². The fraction of sp³-hybridized carbons (Fsp3) is 0.107. The lowest BCUT2D eigenvalue weighted by atomic mass is 9.97. The van der Waals surface area contributed by atoms with Crippen LogP contribution in [0.1, 0.15) is 33.9 Å². The van der Waals surface area contributed by atoms with Crippen LogP contribution in [0.3, 0.4) is 0 Å². The van der Waals surface area contributed by atoms with Gasteiger partial charge >= 0.3 is 0 Å². The summed E-state index contributed by atoms with van der Waals surface area (Å²) in [6, 6.07) is 29.1. The summed E-state index contributed by atoms with van der Waals surface area (Å²) in [5, 5.41) is 8.14. The second-order valence-electron chi connectivity index (χ2n) is 8.79. The molecule has 178 valence electrons. The van der Waals surface area contributed by atoms with Crippen LogP contribution in [0.4, 0.5) is 0 Å². The first-order valence-corrected chi connectivity index (χ1v) is 13.0. The maximum atomic E-state index is 13.5. The lowest BCUT2D eigenvalue weighted by Gasteiger charge is -2.24. The number of sulfonamides is 1. The van der Waals surface area contributed by atoms with Gasteiger partial charge in [-0.1, -0.05) is 78.9 Å². The third kappa shape index (κ3) is 3.58. The molecule has 2 amide bonds. The first kappa shape index (κ1) is 22.2. The molecule has 36 heavy (non-hydrogen) atoms. The Morgan fingerprint density at radius 1 is 0.861 bits per heavy atom. The molecule has 2 heterocycles. The van der Waals surface area contributed by atoms with Crippen LogP contribution < -0.4 is 0 Å². The van der Waals surface area contributed by atoms with Crippen molar-refractivity contribution in [2.45, 2.75) is 17.4 Å². The number of nitrogens with zero attached hydrogens (tertiary/aromatic N) is 3. The van der Waals surface area contributed by atoms with Gasteiger partial charge in [0, 0.05) is 6.42 Å². The van der Waals surface area contributed by atoms with E-state index < -0.39 is 34.4 Å². The molecule has 1 atom stereocenters. The van der Waals surface area contributed by atoms with E-state index in [9.17, 15) is 18.0 Å². The summed E-state index contributed by atoms with van der Waals surface area (Å²) in [5.41, 5.74) is 2.57. The van der Waals surface area contributed by atoms with Crippen molar-refractivity contribution in [3.8, 4) is 0 Å². The van der Waals surface area contributed by atoms with Gasteiger partial charge in [0.05, 0.1) is 17.3 Å². The standard InChI is InChI=1S/C28H21N3O4S/c32-27(18-30-28(33)23-12-6-7-13-26(23)36(30,34)35)31-25(20-9-2-1-3-10-20)17-24(29-31)22-15-14-19-8-4-5-11-21(19)16-22/h1-16,25H,17-18H2/t25-/m0/s1. The van der Waals surface area contributed by atoms with E-state index >= 15 is 0 Å². The monoisotopic (exact) mass is 495 g/mol. The summed E-state index contributed by atoms with van der Waals surface area (Å²) in [4.78, 5) is 26.3. The number of hydrogen-bond donors (Lipinski definition) is 0. The average Bonchev–Trinajstić information content (AvgIpc) is 3.44. The Morgan fingerprint density at radius 2 is 1.56 bits per heavy atom. The van der Waals surface area contributed by atoms with Crippen molar-refractivity contribution in [1.29, 1.82) is 0 Å². The summed E-state index contributed by atoms with van der Waals surface area (Å²) >= 11 is 0. The smallest absolute Gasteiger partial charge is 0.269 e. The number of amides is 2. The Hall–Kier alpha value is -4.30. The molecule has 2 aliphatic heterocycles. The molecule has 4 aromatic carbocycles. The van der Waals surface area contributed by atoms with Crippen LogP contribution in [0.15, 0.2) is 107 Å². The second-order valence-corrected chi connectivity index (χ2v) is 10.6. The number of fused-ring (bicyclic) bond motifs is 2. The Labute approximate surface area is 208 Å². The number of rotatable bonds is 4. The fourth-order valence-corrected chi connectivity index (χ4v) is 6.32. The van der Waals surface area contributed by atoms with E-state index in [4.69, 9.17) is 0 Å². The van der Waals surface area contributed by atoms with Crippen LogP contribution in [-0.4, -0.2) is 41.8 Å². The number of hydrogen-bond acceptors (Lipinski definition) is 5. The van der Waals surface area contributed by atoms with E-state index in [0.717, 1.165) is 27.6 Å². The minimum atomic E-state index is -4.10. The van der Waals surface area contributed by atoms with Crippen LogP contribution >= 0.6 is 0 Å². The summed E-state index contributed by atoms with van der Waals surface area (Å²) < 4.78 is 26.7. The quantitative estimate of drug-likeness (QED) is 0.421. The highest BCUT2D eigenvalue weighted by Gasteiger charge is 2.44. The van der Waals surface area contributed by atoms with E-state index in [0.29, 0.717) is 10.7 Å². The van der Waals surface area contributed by atoms with E-state index in [1.807, 2.05) is 72.8 Å². The highest BCUT2D eigenvalue weighted by molar-refractivity contribution is 7.90. The predicted molar refractivity (Wildman–Crippen MR) is 136 cm³/mol. The maximum absolute atomic E-state index is 13.5. The fourth-order valence-electron chi connectivity index (χ4n) is 4.80. The largest absolute Gasteiger partial charge is 0.271 e. The minimum Gasteiger partial charge on any atom is -0.271 e. The zero-order chi connectivity index (χ0) is 24.9. The lowest BCUT2D eigenvalue weighted by Crippen LogP contribution is -2.41. The Balaban J connectivity index is 1.35. The normalized spacial score (nSPS) is 18.4. The SMILES string of the molecule is O=C(CN1C(=O)c2ccccc2S1(=O)=O)N1N=C(c2ccc3ccccc3c2)C[C@H]1c1ccccc1. The molecule has 0 fully saturated rings. The summed E-state index contributed by atoms with van der Waals surface area (Å²) in [5.74, 6) is -1.27. The molecule has 4 aromatic rings. The van der Waals surface area contributed by atoms with Gasteiger partial charge in [-0.05, 0) is 40.1 Å². The Morgan fingerprint density at radius 3 is 2.33 bits per heavy atom. The van der Waals surface area contributed by atoms with Crippen LogP contribution in [0.5, 0.6) is 0 Å². The molecule has 0 saturated heterocycles. The first-order chi connectivity index (χ1) is 17.4. The van der Waals surface area contributed by atoms with Gasteiger partial charge in [0.15, 0.2) is 0 Å². The van der Waals surface area contributed by atoms with Crippen molar-refractivity contribution in [1.82, 2.24) is 9.31 Å². The Bertz CT molecular complexity index is 1660. The first-order valence-electron chi connectivity index (χ1n) is 11.5. The Kier molecular flexibility index (Phi) is 5.19. The van der Waals surface area contributed by atoms with Crippen molar-refractivity contribution >= 4 is 38.3 Å². The van der Waals surface area contributed by atoms with Gasteiger partial charge in [-0.2, -0.15) is 5.10 Å². The molecule has 0 N–H and O–H groups in total. The molecule has 2 aliphatic rings. The predicted octanol–water partition coefficient (Wildman–Crippen LogP) is 4.36. The van der Waals surface area contributed by atoms with Crippen molar-refractivity contribution in [2.75, 3.05) is 6.54 Å². The molecule has 0 unspecified atom stereocenters. The second kappa shape index (κ2) is 8.42. The lowest BCUT2D eigenvalue weighted by molar-refractivity contribution is -0.132. The zero-order valence-corrected chi connectivity index (χ0v) is 19.9. The topological polar surface area (TPSA) is 87.1 Å².